The van der Waals surface area contributed by atoms with Crippen molar-refractivity contribution >= 4 is 61.2 Å². The van der Waals surface area contributed by atoms with Gasteiger partial charge in [0.2, 0.25) is 0 Å². The molecule has 0 saturated carbocycles. The highest BCUT2D eigenvalue weighted by Gasteiger charge is 2.33. The molecule has 2 N–H and O–H groups in total. The molecule has 2 aromatic rings. The second-order valence-corrected chi connectivity index (χ2v) is 13.3. The van der Waals surface area contributed by atoms with Crippen molar-refractivity contribution < 1.29 is 22.7 Å². The molecule has 0 spiro atoms. The van der Waals surface area contributed by atoms with Crippen LogP contribution in [0.25, 0.3) is 0 Å². The van der Waals surface area contributed by atoms with Crippen LogP contribution in [0.5, 0.6) is 5.75 Å². The first kappa shape index (κ1) is 26.3. The fourth-order valence-electron chi connectivity index (χ4n) is 4.45. The number of anilines is 1. The van der Waals surface area contributed by atoms with E-state index in [1.54, 1.807) is 0 Å². The van der Waals surface area contributed by atoms with E-state index in [4.69, 9.17) is 27.9 Å². The minimum atomic E-state index is -3.13. The van der Waals surface area contributed by atoms with Gasteiger partial charge in [-0.15, -0.1) is 11.3 Å². The molecule has 2 aliphatic rings. The maximum absolute atomic E-state index is 13.3. The molecule has 2 heterocycles. The van der Waals surface area contributed by atoms with Gasteiger partial charge in [-0.05, 0) is 55.7 Å². The van der Waals surface area contributed by atoms with E-state index in [-0.39, 0.29) is 33.0 Å². The lowest BCUT2D eigenvalue weighted by Gasteiger charge is -2.19. The van der Waals surface area contributed by atoms with Crippen LogP contribution in [0.4, 0.5) is 5.00 Å². The Bertz CT molecular complexity index is 1240. The monoisotopic (exact) mass is 558 g/mol. The van der Waals surface area contributed by atoms with E-state index in [0.717, 1.165) is 36.1 Å². The zero-order valence-corrected chi connectivity index (χ0v) is 22.7. The maximum Gasteiger partial charge on any atom is 0.256 e. The van der Waals surface area contributed by atoms with Gasteiger partial charge in [0.25, 0.3) is 11.8 Å². The van der Waals surface area contributed by atoms with Crippen LogP contribution in [0.2, 0.25) is 10.0 Å². The minimum absolute atomic E-state index is 0.0623. The van der Waals surface area contributed by atoms with Gasteiger partial charge in [-0.2, -0.15) is 0 Å². The number of thiophene rings is 1. The molecule has 35 heavy (non-hydrogen) atoms. The summed E-state index contributed by atoms with van der Waals surface area (Å²) in [5, 5.41) is 6.67. The molecule has 7 nitrogen and oxygen atoms in total. The first-order chi connectivity index (χ1) is 16.6. The summed E-state index contributed by atoms with van der Waals surface area (Å²) in [5.41, 5.74) is 1.60. The molecule has 1 aromatic heterocycles. The average molecular weight is 560 g/mol. The second kappa shape index (κ2) is 10.7. The van der Waals surface area contributed by atoms with E-state index in [1.165, 1.54) is 23.5 Å². The molecule has 1 aliphatic heterocycles. The molecular weight excluding hydrogens is 531 g/mol. The summed E-state index contributed by atoms with van der Waals surface area (Å²) in [6.45, 7) is 4.57. The van der Waals surface area contributed by atoms with Crippen molar-refractivity contribution in [2.75, 3.05) is 23.4 Å². The van der Waals surface area contributed by atoms with Crippen molar-refractivity contribution in [2.24, 2.45) is 5.92 Å². The highest BCUT2D eigenvalue weighted by atomic mass is 35.5. The standard InChI is InChI=1S/C24H28Cl2N2O5S2/c1-3-7-33-21-17(25)10-14(11-18(21)26)22(29)28-24-20(16-5-4-13(2)9-19(16)34-24)23(30)27-15-6-8-35(31,32)12-15/h10-11,13,15H,3-9,12H2,1-2H3,(H,27,30)(H,28,29). The molecule has 4 rings (SSSR count). The van der Waals surface area contributed by atoms with Crippen LogP contribution in [0.3, 0.4) is 0 Å². The number of carbonyl (C=O) groups excluding carboxylic acids is 2. The largest absolute Gasteiger partial charge is 0.490 e. The van der Waals surface area contributed by atoms with Crippen LogP contribution >= 0.6 is 34.5 Å². The maximum atomic E-state index is 13.3. The van der Waals surface area contributed by atoms with E-state index in [9.17, 15) is 18.0 Å². The minimum Gasteiger partial charge on any atom is -0.490 e. The second-order valence-electron chi connectivity index (χ2n) is 9.20. The number of fused-ring (bicyclic) bond motifs is 1. The third-order valence-corrected chi connectivity index (χ3v) is 9.74. The summed E-state index contributed by atoms with van der Waals surface area (Å²) in [5.74, 6) is 0.0228. The lowest BCUT2D eigenvalue weighted by atomic mass is 9.88. The van der Waals surface area contributed by atoms with Gasteiger partial charge in [0.1, 0.15) is 5.00 Å². The van der Waals surface area contributed by atoms with Gasteiger partial charge >= 0.3 is 0 Å². The van der Waals surface area contributed by atoms with Gasteiger partial charge in [0.05, 0.1) is 33.7 Å². The molecule has 0 bridgehead atoms. The molecule has 1 aromatic carbocycles. The van der Waals surface area contributed by atoms with Gasteiger partial charge < -0.3 is 15.4 Å². The Labute approximate surface area is 219 Å². The zero-order chi connectivity index (χ0) is 25.3. The summed E-state index contributed by atoms with van der Waals surface area (Å²) >= 11 is 14.0. The van der Waals surface area contributed by atoms with Crippen molar-refractivity contribution in [3.05, 3.63) is 43.7 Å². The molecule has 190 valence electrons. The Hall–Kier alpha value is -1.81. The van der Waals surface area contributed by atoms with Crippen molar-refractivity contribution in [3.8, 4) is 5.75 Å². The Kier molecular flexibility index (Phi) is 8.00. The van der Waals surface area contributed by atoms with E-state index >= 15 is 0 Å². The average Bonchev–Trinajstić information content (AvgIpc) is 3.30. The number of amides is 2. The summed E-state index contributed by atoms with van der Waals surface area (Å²) in [6.07, 6.45) is 3.68. The highest BCUT2D eigenvalue weighted by molar-refractivity contribution is 7.91. The number of hydrogen-bond acceptors (Lipinski definition) is 6. The van der Waals surface area contributed by atoms with Gasteiger partial charge in [-0.1, -0.05) is 37.0 Å². The zero-order valence-electron chi connectivity index (χ0n) is 19.6. The van der Waals surface area contributed by atoms with Crippen LogP contribution < -0.4 is 15.4 Å². The number of nitrogens with one attached hydrogen (secondary N) is 2. The quantitative estimate of drug-likeness (QED) is 0.490. The summed E-state index contributed by atoms with van der Waals surface area (Å²) in [6, 6.07) is 2.56. The third kappa shape index (κ3) is 5.96. The summed E-state index contributed by atoms with van der Waals surface area (Å²) in [4.78, 5) is 27.5. The molecule has 11 heteroatoms. The normalized spacial score (nSPS) is 20.8. The van der Waals surface area contributed by atoms with E-state index in [2.05, 4.69) is 17.6 Å². The van der Waals surface area contributed by atoms with Crippen LogP contribution in [-0.4, -0.2) is 44.4 Å². The third-order valence-electron chi connectivity index (χ3n) is 6.24. The predicted octanol–water partition coefficient (Wildman–Crippen LogP) is 5.14. The van der Waals surface area contributed by atoms with Crippen LogP contribution in [0, 0.1) is 5.92 Å². The van der Waals surface area contributed by atoms with Gasteiger partial charge in [0.15, 0.2) is 15.6 Å². The molecule has 1 fully saturated rings. The van der Waals surface area contributed by atoms with Gasteiger partial charge in [-0.25, -0.2) is 8.42 Å². The molecule has 1 aliphatic carbocycles. The Balaban J connectivity index is 1.61. The lowest BCUT2D eigenvalue weighted by molar-refractivity contribution is 0.0941. The van der Waals surface area contributed by atoms with E-state index in [1.807, 2.05) is 6.92 Å². The fourth-order valence-corrected chi connectivity index (χ4v) is 8.13. The first-order valence-electron chi connectivity index (χ1n) is 11.7. The van der Waals surface area contributed by atoms with E-state index < -0.39 is 21.8 Å². The predicted molar refractivity (Wildman–Crippen MR) is 140 cm³/mol. The highest BCUT2D eigenvalue weighted by Crippen LogP contribution is 2.40. The van der Waals surface area contributed by atoms with Crippen LogP contribution in [0.15, 0.2) is 12.1 Å². The van der Waals surface area contributed by atoms with Crippen LogP contribution in [0.1, 0.15) is 64.3 Å². The van der Waals surface area contributed by atoms with E-state index in [0.29, 0.717) is 35.3 Å². The molecular formula is C24H28Cl2N2O5S2. The number of halogens is 2. The Morgan fingerprint density at radius 3 is 2.51 bits per heavy atom. The molecule has 2 amide bonds. The number of ether oxygens (including phenoxy) is 1. The van der Waals surface area contributed by atoms with Crippen molar-refractivity contribution in [1.82, 2.24) is 5.32 Å². The number of hydrogen-bond donors (Lipinski definition) is 2. The lowest BCUT2D eigenvalue weighted by Crippen LogP contribution is -2.36. The number of benzene rings is 1. The molecule has 2 unspecified atom stereocenters. The Morgan fingerprint density at radius 2 is 1.89 bits per heavy atom. The molecule has 0 radical (unpaired) electrons. The van der Waals surface area contributed by atoms with Crippen molar-refractivity contribution in [2.45, 2.75) is 52.0 Å². The van der Waals surface area contributed by atoms with Crippen LogP contribution in [-0.2, 0) is 22.7 Å². The SMILES string of the molecule is CCCOc1c(Cl)cc(C(=O)Nc2sc3c(c2C(=O)NC2CCS(=O)(=O)C2)CCC(C)C3)cc1Cl. The van der Waals surface area contributed by atoms with Crippen molar-refractivity contribution in [1.29, 1.82) is 0 Å². The smallest absolute Gasteiger partial charge is 0.256 e. The molecule has 2 atom stereocenters. The summed E-state index contributed by atoms with van der Waals surface area (Å²) in [7, 11) is -3.13. The molecule has 1 saturated heterocycles. The number of sulfone groups is 1. The van der Waals surface area contributed by atoms with Gasteiger partial charge in [-0.3, -0.25) is 9.59 Å². The number of carbonyl (C=O) groups is 2. The van der Waals surface area contributed by atoms with Gasteiger partial charge in [0, 0.05) is 16.5 Å². The summed E-state index contributed by atoms with van der Waals surface area (Å²) < 4.78 is 29.3. The Morgan fingerprint density at radius 1 is 1.17 bits per heavy atom. The first-order valence-corrected chi connectivity index (χ1v) is 15.1. The topological polar surface area (TPSA) is 102 Å². The number of rotatable bonds is 7. The fraction of sp³-hybridized carbons (Fsp3) is 0.500. The van der Waals surface area contributed by atoms with Crippen molar-refractivity contribution in [3.63, 3.8) is 0 Å².